The lowest BCUT2D eigenvalue weighted by Crippen LogP contribution is -2.38. The molecule has 0 aliphatic carbocycles. The van der Waals surface area contributed by atoms with Crippen molar-refractivity contribution in [3.8, 4) is 0 Å². The van der Waals surface area contributed by atoms with Crippen molar-refractivity contribution < 1.29 is 9.47 Å². The van der Waals surface area contributed by atoms with E-state index in [1.165, 1.54) is 0 Å². The summed E-state index contributed by atoms with van der Waals surface area (Å²) in [6.45, 7) is 4.06. The van der Waals surface area contributed by atoms with Gasteiger partial charge in [0.15, 0.2) is 5.82 Å². The molecule has 6 heteroatoms. The van der Waals surface area contributed by atoms with Crippen LogP contribution in [0.1, 0.15) is 25.6 Å². The maximum absolute atomic E-state index is 5.96. The third kappa shape index (κ3) is 2.75. The minimum absolute atomic E-state index is 0.386. The van der Waals surface area contributed by atoms with Crippen LogP contribution in [0.25, 0.3) is 0 Å². The van der Waals surface area contributed by atoms with Crippen LogP contribution in [-0.2, 0) is 15.1 Å². The molecule has 2 heterocycles. The molecule has 1 fully saturated rings. The molecular weight excluding hydrogens is 345 g/mol. The first-order valence-corrected chi connectivity index (χ1v) is 7.22. The van der Waals surface area contributed by atoms with Crippen LogP contribution in [0.2, 0.25) is 0 Å². The van der Waals surface area contributed by atoms with Gasteiger partial charge < -0.3 is 14.8 Å². The second-order valence-electron chi connectivity index (χ2n) is 4.18. The lowest BCUT2D eigenvalue weighted by atomic mass is 9.93. The fourth-order valence-corrected chi connectivity index (χ4v) is 2.70. The summed E-state index contributed by atoms with van der Waals surface area (Å²) in [5.41, 5.74) is -0.386. The largest absolute Gasteiger partial charge is 0.381 e. The molecule has 0 unspecified atom stereocenters. The first-order valence-electron chi connectivity index (χ1n) is 6.14. The van der Waals surface area contributed by atoms with Gasteiger partial charge in [-0.1, -0.05) is 0 Å². The van der Waals surface area contributed by atoms with Gasteiger partial charge in [-0.25, -0.2) is 9.97 Å². The van der Waals surface area contributed by atoms with E-state index in [1.807, 2.05) is 20.2 Å². The number of rotatable bonds is 4. The summed E-state index contributed by atoms with van der Waals surface area (Å²) in [5.74, 6) is 1.61. The van der Waals surface area contributed by atoms with E-state index in [1.54, 1.807) is 0 Å². The van der Waals surface area contributed by atoms with Crippen molar-refractivity contribution in [2.45, 2.75) is 25.4 Å². The molecule has 0 amide bonds. The fraction of sp³-hybridized carbons (Fsp3) is 0.667. The van der Waals surface area contributed by atoms with Gasteiger partial charge in [0.25, 0.3) is 0 Å². The minimum Gasteiger partial charge on any atom is -0.381 e. The molecule has 100 valence electrons. The molecule has 18 heavy (non-hydrogen) atoms. The van der Waals surface area contributed by atoms with E-state index in [-0.39, 0.29) is 5.60 Å². The molecule has 2 rings (SSSR count). The van der Waals surface area contributed by atoms with Crippen LogP contribution in [0, 0.1) is 3.57 Å². The number of aromatic nitrogens is 2. The van der Waals surface area contributed by atoms with E-state index in [4.69, 9.17) is 9.47 Å². The van der Waals surface area contributed by atoms with Crippen LogP contribution in [0.5, 0.6) is 0 Å². The second kappa shape index (κ2) is 6.12. The van der Waals surface area contributed by atoms with Gasteiger partial charge in [0.1, 0.15) is 11.4 Å². The number of halogens is 1. The van der Waals surface area contributed by atoms with Crippen molar-refractivity contribution in [3.63, 3.8) is 0 Å². The molecule has 0 bridgehead atoms. The van der Waals surface area contributed by atoms with E-state index < -0.39 is 0 Å². The van der Waals surface area contributed by atoms with E-state index in [2.05, 4.69) is 37.9 Å². The zero-order valence-electron chi connectivity index (χ0n) is 10.7. The summed E-state index contributed by atoms with van der Waals surface area (Å²) in [7, 11) is 1.87. The highest BCUT2D eigenvalue weighted by atomic mass is 127. The summed E-state index contributed by atoms with van der Waals surface area (Å²) in [6, 6.07) is 0. The first-order chi connectivity index (χ1) is 8.72. The number of anilines is 1. The van der Waals surface area contributed by atoms with E-state index >= 15 is 0 Å². The van der Waals surface area contributed by atoms with Crippen LogP contribution in [0.3, 0.4) is 0 Å². The minimum atomic E-state index is -0.386. The molecule has 1 aliphatic heterocycles. The van der Waals surface area contributed by atoms with E-state index in [0.29, 0.717) is 19.8 Å². The van der Waals surface area contributed by atoms with Crippen molar-refractivity contribution >= 4 is 28.4 Å². The van der Waals surface area contributed by atoms with Crippen molar-refractivity contribution in [1.82, 2.24) is 9.97 Å². The number of hydrogen-bond donors (Lipinski definition) is 1. The average Bonchev–Trinajstić information content (AvgIpc) is 2.40. The van der Waals surface area contributed by atoms with Crippen molar-refractivity contribution in [3.05, 3.63) is 15.6 Å². The Morgan fingerprint density at radius 2 is 2.22 bits per heavy atom. The first kappa shape index (κ1) is 14.0. The van der Waals surface area contributed by atoms with Gasteiger partial charge in [-0.3, -0.25) is 0 Å². The molecule has 1 aromatic rings. The SMILES string of the molecule is CCOC1(c2ncc(I)c(NC)n2)CCOCC1. The lowest BCUT2D eigenvalue weighted by Gasteiger charge is -2.35. The van der Waals surface area contributed by atoms with Gasteiger partial charge in [0.05, 0.1) is 3.57 Å². The van der Waals surface area contributed by atoms with Crippen LogP contribution in [0.4, 0.5) is 5.82 Å². The molecule has 1 N–H and O–H groups in total. The summed E-state index contributed by atoms with van der Waals surface area (Å²) < 4.78 is 12.4. The summed E-state index contributed by atoms with van der Waals surface area (Å²) >= 11 is 2.22. The predicted molar refractivity (Wildman–Crippen MR) is 77.7 cm³/mol. The van der Waals surface area contributed by atoms with Gasteiger partial charge in [-0.15, -0.1) is 0 Å². The Morgan fingerprint density at radius 3 is 2.83 bits per heavy atom. The van der Waals surface area contributed by atoms with Gasteiger partial charge in [-0.2, -0.15) is 0 Å². The van der Waals surface area contributed by atoms with Crippen molar-refractivity contribution in [2.24, 2.45) is 0 Å². The maximum Gasteiger partial charge on any atom is 0.162 e. The Kier molecular flexibility index (Phi) is 4.74. The smallest absolute Gasteiger partial charge is 0.162 e. The average molecular weight is 363 g/mol. The molecule has 0 spiro atoms. The molecule has 5 nitrogen and oxygen atoms in total. The molecule has 1 saturated heterocycles. The second-order valence-corrected chi connectivity index (χ2v) is 5.34. The van der Waals surface area contributed by atoms with Gasteiger partial charge in [0, 0.05) is 45.9 Å². The normalized spacial score (nSPS) is 18.6. The van der Waals surface area contributed by atoms with Crippen LogP contribution in [0.15, 0.2) is 6.20 Å². The Labute approximate surface area is 121 Å². The molecule has 0 saturated carbocycles. The van der Waals surface area contributed by atoms with Crippen LogP contribution >= 0.6 is 22.6 Å². The monoisotopic (exact) mass is 363 g/mol. The fourth-order valence-electron chi connectivity index (χ4n) is 2.17. The summed E-state index contributed by atoms with van der Waals surface area (Å²) in [5, 5.41) is 3.09. The van der Waals surface area contributed by atoms with Gasteiger partial charge in [-0.05, 0) is 29.5 Å². The third-order valence-corrected chi connectivity index (χ3v) is 3.90. The Hall–Kier alpha value is -0.470. The standard InChI is InChI=1S/C12H18IN3O2/c1-3-18-12(4-6-17-7-5-12)11-15-8-9(13)10(14-2)16-11/h8H,3-7H2,1-2H3,(H,14,15,16). The quantitative estimate of drug-likeness (QED) is 0.831. The molecule has 0 atom stereocenters. The zero-order valence-corrected chi connectivity index (χ0v) is 12.9. The van der Waals surface area contributed by atoms with E-state index in [9.17, 15) is 0 Å². The Bertz CT molecular complexity index is 403. The highest BCUT2D eigenvalue weighted by molar-refractivity contribution is 14.1. The highest BCUT2D eigenvalue weighted by Gasteiger charge is 2.38. The highest BCUT2D eigenvalue weighted by Crippen LogP contribution is 2.34. The Morgan fingerprint density at radius 1 is 1.50 bits per heavy atom. The molecule has 0 aromatic carbocycles. The van der Waals surface area contributed by atoms with Gasteiger partial charge >= 0.3 is 0 Å². The van der Waals surface area contributed by atoms with Gasteiger partial charge in [0.2, 0.25) is 0 Å². The number of hydrogen-bond acceptors (Lipinski definition) is 5. The van der Waals surface area contributed by atoms with Crippen molar-refractivity contribution in [1.29, 1.82) is 0 Å². The Balaban J connectivity index is 2.35. The number of nitrogens with one attached hydrogen (secondary N) is 1. The molecule has 1 aliphatic rings. The predicted octanol–water partition coefficient (Wildman–Crippen LogP) is 2.17. The summed E-state index contributed by atoms with van der Waals surface area (Å²) in [4.78, 5) is 9.06. The molecular formula is C12H18IN3O2. The number of ether oxygens (including phenoxy) is 2. The van der Waals surface area contributed by atoms with Crippen molar-refractivity contribution in [2.75, 3.05) is 32.2 Å². The lowest BCUT2D eigenvalue weighted by molar-refractivity contribution is -0.117. The van der Waals surface area contributed by atoms with Crippen LogP contribution < -0.4 is 5.32 Å². The zero-order chi connectivity index (χ0) is 13.0. The molecule has 1 aromatic heterocycles. The maximum atomic E-state index is 5.96. The van der Waals surface area contributed by atoms with Crippen LogP contribution in [-0.4, -0.2) is 36.8 Å². The topological polar surface area (TPSA) is 56.3 Å². The summed E-state index contributed by atoms with van der Waals surface area (Å²) in [6.07, 6.45) is 3.46. The van der Waals surface area contributed by atoms with E-state index in [0.717, 1.165) is 28.1 Å². The molecule has 0 radical (unpaired) electrons. The third-order valence-electron chi connectivity index (χ3n) is 3.11. The number of nitrogens with zero attached hydrogens (tertiary/aromatic N) is 2.